The minimum Gasteiger partial charge on any atom is -0.548 e. The first-order valence-electron chi connectivity index (χ1n) is 12.6. The molecule has 0 bridgehead atoms. The van der Waals surface area contributed by atoms with Gasteiger partial charge in [-0.05, 0) is 49.0 Å². The Hall–Kier alpha value is -3.99. The summed E-state index contributed by atoms with van der Waals surface area (Å²) in [5.74, 6) is 1.72. The first kappa shape index (κ1) is 21.3. The predicted octanol–water partition coefficient (Wildman–Crippen LogP) is 5.84. The molecule has 3 aromatic carbocycles. The van der Waals surface area contributed by atoms with Gasteiger partial charge in [-0.15, -0.1) is 0 Å². The van der Waals surface area contributed by atoms with Crippen molar-refractivity contribution in [2.45, 2.75) is 40.0 Å². The van der Waals surface area contributed by atoms with E-state index in [-0.39, 0.29) is 12.3 Å². The molecular formula is C31H28BN3O. The first-order chi connectivity index (χ1) is 17.4. The lowest BCUT2D eigenvalue weighted by atomic mass is 9.52. The standard InChI is InChI=1S/C31H28BN3O/c1-19-11-10-12-20(2)26(19)32-27-21-13-6-7-14-23(21)34-24-15-8-9-16-25(24)35(30(27)34)29-28(36-32)22(17-18-33-29)31(3,4)5/h6-18H,1-5H3. The Morgan fingerprint density at radius 2 is 1.42 bits per heavy atom. The molecule has 0 spiro atoms. The number of imidazole rings is 1. The maximum absolute atomic E-state index is 7.21. The third-order valence-corrected chi connectivity index (χ3v) is 7.67. The van der Waals surface area contributed by atoms with Gasteiger partial charge in [-0.3, -0.25) is 8.97 Å². The largest absolute Gasteiger partial charge is 0.548 e. The smallest absolute Gasteiger partial charge is 0.431 e. The maximum atomic E-state index is 7.21. The quantitative estimate of drug-likeness (QED) is 0.283. The molecule has 176 valence electrons. The fourth-order valence-corrected chi connectivity index (χ4v) is 6.07. The summed E-state index contributed by atoms with van der Waals surface area (Å²) in [4.78, 5) is 4.97. The van der Waals surface area contributed by atoms with Crippen molar-refractivity contribution in [3.8, 4) is 11.6 Å². The zero-order valence-corrected chi connectivity index (χ0v) is 21.3. The summed E-state index contributed by atoms with van der Waals surface area (Å²) in [6, 6.07) is 25.9. The molecule has 0 amide bonds. The molecule has 0 fully saturated rings. The number of hydrogen-bond acceptors (Lipinski definition) is 2. The van der Waals surface area contributed by atoms with E-state index in [1.165, 1.54) is 38.5 Å². The second-order valence-corrected chi connectivity index (χ2v) is 11.0. The summed E-state index contributed by atoms with van der Waals surface area (Å²) in [6.07, 6.45) is 1.93. The average molecular weight is 469 g/mol. The van der Waals surface area contributed by atoms with Crippen LogP contribution in [-0.4, -0.2) is 20.9 Å². The third-order valence-electron chi connectivity index (χ3n) is 7.67. The van der Waals surface area contributed by atoms with Gasteiger partial charge in [0, 0.05) is 22.6 Å². The fraction of sp³-hybridized carbons (Fsp3) is 0.194. The molecule has 7 rings (SSSR count). The molecule has 6 aromatic rings. The van der Waals surface area contributed by atoms with Gasteiger partial charge in [-0.2, -0.15) is 0 Å². The van der Waals surface area contributed by atoms with Gasteiger partial charge in [-0.25, -0.2) is 4.98 Å². The van der Waals surface area contributed by atoms with E-state index in [4.69, 9.17) is 9.64 Å². The van der Waals surface area contributed by atoms with Crippen molar-refractivity contribution in [3.63, 3.8) is 0 Å². The Balaban J connectivity index is 1.75. The zero-order valence-electron chi connectivity index (χ0n) is 21.3. The van der Waals surface area contributed by atoms with Gasteiger partial charge in [0.15, 0.2) is 5.82 Å². The molecule has 1 aliphatic heterocycles. The van der Waals surface area contributed by atoms with E-state index in [0.29, 0.717) is 0 Å². The minimum absolute atomic E-state index is 0.107. The molecule has 0 N–H and O–H groups in total. The summed E-state index contributed by atoms with van der Waals surface area (Å²) in [5, 5.41) is 1.21. The van der Waals surface area contributed by atoms with Crippen LogP contribution in [0.15, 0.2) is 79.0 Å². The molecule has 3 aromatic heterocycles. The Labute approximate surface area is 211 Å². The van der Waals surface area contributed by atoms with Crippen LogP contribution in [0, 0.1) is 13.8 Å². The Morgan fingerprint density at radius 3 is 2.14 bits per heavy atom. The normalized spacial score (nSPS) is 13.3. The summed E-state index contributed by atoms with van der Waals surface area (Å²) in [6.45, 7) is 10.8. The molecule has 1 aliphatic rings. The van der Waals surface area contributed by atoms with Crippen LogP contribution in [0.2, 0.25) is 0 Å². The molecule has 0 saturated carbocycles. The van der Waals surface area contributed by atoms with Crippen LogP contribution in [0.3, 0.4) is 0 Å². The molecule has 5 heteroatoms. The second kappa shape index (κ2) is 7.27. The van der Waals surface area contributed by atoms with E-state index < -0.39 is 0 Å². The van der Waals surface area contributed by atoms with Crippen molar-refractivity contribution in [2.24, 2.45) is 0 Å². The lowest BCUT2D eigenvalue weighted by Crippen LogP contribution is -2.50. The number of aromatic nitrogens is 3. The van der Waals surface area contributed by atoms with Gasteiger partial charge < -0.3 is 4.65 Å². The zero-order chi connectivity index (χ0) is 24.8. The van der Waals surface area contributed by atoms with E-state index in [9.17, 15) is 0 Å². The van der Waals surface area contributed by atoms with Crippen molar-refractivity contribution in [1.82, 2.24) is 14.0 Å². The van der Waals surface area contributed by atoms with Crippen LogP contribution in [0.25, 0.3) is 33.4 Å². The number of hydrogen-bond donors (Lipinski definition) is 0. The highest BCUT2D eigenvalue weighted by atomic mass is 16.4. The molecule has 0 aliphatic carbocycles. The molecule has 0 atom stereocenters. The van der Waals surface area contributed by atoms with Gasteiger partial charge in [0.25, 0.3) is 0 Å². The first-order valence-corrected chi connectivity index (χ1v) is 12.6. The van der Waals surface area contributed by atoms with E-state index >= 15 is 0 Å². The molecule has 4 nitrogen and oxygen atoms in total. The van der Waals surface area contributed by atoms with Crippen molar-refractivity contribution in [2.75, 3.05) is 0 Å². The predicted molar refractivity (Wildman–Crippen MR) is 150 cm³/mol. The topological polar surface area (TPSA) is 31.5 Å². The number of para-hydroxylation sites is 3. The number of rotatable bonds is 1. The molecule has 0 unspecified atom stereocenters. The van der Waals surface area contributed by atoms with Crippen molar-refractivity contribution < 1.29 is 4.65 Å². The summed E-state index contributed by atoms with van der Waals surface area (Å²) < 4.78 is 11.9. The number of fused-ring (bicyclic) bond motifs is 8. The van der Waals surface area contributed by atoms with Crippen LogP contribution in [0.5, 0.6) is 5.75 Å². The van der Waals surface area contributed by atoms with Crippen molar-refractivity contribution >= 4 is 45.4 Å². The Morgan fingerprint density at radius 1 is 0.750 bits per heavy atom. The highest BCUT2D eigenvalue weighted by molar-refractivity contribution is 6.85. The van der Waals surface area contributed by atoms with Gasteiger partial charge in [0.05, 0.1) is 16.6 Å². The molecule has 0 saturated heterocycles. The van der Waals surface area contributed by atoms with E-state index in [0.717, 1.165) is 28.3 Å². The number of aryl methyl sites for hydroxylation is 2. The SMILES string of the molecule is Cc1cccc(C)c1B1Oc2c(C(C)(C)C)ccnc2-n2c3ccccc3n3c4ccccc4c1c23. The Bertz CT molecular complexity index is 1820. The molecule has 0 radical (unpaired) electrons. The molecular weight excluding hydrogens is 441 g/mol. The van der Waals surface area contributed by atoms with Crippen LogP contribution in [-0.2, 0) is 5.41 Å². The van der Waals surface area contributed by atoms with Crippen LogP contribution in [0.4, 0.5) is 0 Å². The van der Waals surface area contributed by atoms with Gasteiger partial charge in [0.1, 0.15) is 11.4 Å². The lowest BCUT2D eigenvalue weighted by molar-refractivity contribution is 0.521. The lowest BCUT2D eigenvalue weighted by Gasteiger charge is -2.26. The van der Waals surface area contributed by atoms with E-state index in [1.807, 2.05) is 6.20 Å². The highest BCUT2D eigenvalue weighted by Gasteiger charge is 2.40. The monoisotopic (exact) mass is 469 g/mol. The van der Waals surface area contributed by atoms with Crippen LogP contribution in [0.1, 0.15) is 37.5 Å². The van der Waals surface area contributed by atoms with Gasteiger partial charge in [-0.1, -0.05) is 80.4 Å². The fourth-order valence-electron chi connectivity index (χ4n) is 6.07. The van der Waals surface area contributed by atoms with Gasteiger partial charge >= 0.3 is 6.92 Å². The summed E-state index contributed by atoms with van der Waals surface area (Å²) in [5.41, 5.74) is 10.6. The van der Waals surface area contributed by atoms with Crippen molar-refractivity contribution in [1.29, 1.82) is 0 Å². The number of benzene rings is 3. The molecule has 36 heavy (non-hydrogen) atoms. The van der Waals surface area contributed by atoms with E-state index in [1.54, 1.807) is 0 Å². The van der Waals surface area contributed by atoms with E-state index in [2.05, 4.69) is 116 Å². The summed E-state index contributed by atoms with van der Waals surface area (Å²) in [7, 11) is 0. The maximum Gasteiger partial charge on any atom is 0.431 e. The summed E-state index contributed by atoms with van der Waals surface area (Å²) >= 11 is 0. The molecule has 4 heterocycles. The van der Waals surface area contributed by atoms with Crippen LogP contribution < -0.4 is 15.6 Å². The van der Waals surface area contributed by atoms with Gasteiger partial charge in [0.2, 0.25) is 0 Å². The minimum atomic E-state index is -0.268. The Kier molecular flexibility index (Phi) is 4.30. The average Bonchev–Trinajstić information content (AvgIpc) is 3.30. The third kappa shape index (κ3) is 2.74. The van der Waals surface area contributed by atoms with Crippen LogP contribution >= 0.6 is 0 Å². The second-order valence-electron chi connectivity index (χ2n) is 11.0. The van der Waals surface area contributed by atoms with Crippen molar-refractivity contribution in [3.05, 3.63) is 95.7 Å². The number of pyridine rings is 1. The number of nitrogens with zero attached hydrogens (tertiary/aromatic N) is 3. The highest BCUT2D eigenvalue weighted by Crippen LogP contribution is 2.40.